The van der Waals surface area contributed by atoms with Gasteiger partial charge in [0, 0.05) is 6.54 Å². The van der Waals surface area contributed by atoms with Gasteiger partial charge in [-0.3, -0.25) is 10.1 Å². The van der Waals surface area contributed by atoms with Crippen LogP contribution in [0, 0.1) is 5.92 Å². The van der Waals surface area contributed by atoms with Gasteiger partial charge in [-0.05, 0) is 48.1 Å². The molecule has 2 aliphatic rings. The first kappa shape index (κ1) is 13.1. The van der Waals surface area contributed by atoms with E-state index in [-0.39, 0.29) is 18.1 Å². The first-order valence-corrected chi connectivity index (χ1v) is 8.28. The minimum atomic E-state index is -0.0477. The van der Waals surface area contributed by atoms with E-state index >= 15 is 0 Å². The van der Waals surface area contributed by atoms with Crippen LogP contribution in [-0.2, 0) is 4.79 Å². The van der Waals surface area contributed by atoms with E-state index in [1.54, 1.807) is 11.3 Å². The Morgan fingerprint density at radius 2 is 2.16 bits per heavy atom. The molecule has 19 heavy (non-hydrogen) atoms. The molecule has 2 atom stereocenters. The number of nitrogens with zero attached hydrogens (tertiary/aromatic N) is 1. The third-order valence-electron chi connectivity index (χ3n) is 4.41. The summed E-state index contributed by atoms with van der Waals surface area (Å²) in [7, 11) is 0. The van der Waals surface area contributed by atoms with Crippen molar-refractivity contribution in [1.29, 1.82) is 0 Å². The number of nitrogens with one attached hydrogen (secondary N) is 1. The second-order valence-corrected chi connectivity index (χ2v) is 6.62. The van der Waals surface area contributed by atoms with Gasteiger partial charge in [0.1, 0.15) is 6.17 Å². The molecule has 1 aromatic rings. The molecule has 0 radical (unpaired) electrons. The van der Waals surface area contributed by atoms with Crippen LogP contribution in [0.25, 0.3) is 0 Å². The van der Waals surface area contributed by atoms with Crippen molar-refractivity contribution in [3.05, 3.63) is 22.4 Å². The molecule has 2 unspecified atom stereocenters. The van der Waals surface area contributed by atoms with E-state index in [2.05, 4.69) is 27.0 Å². The van der Waals surface area contributed by atoms with Crippen molar-refractivity contribution >= 4 is 17.2 Å². The Labute approximate surface area is 119 Å². The van der Waals surface area contributed by atoms with Crippen molar-refractivity contribution < 1.29 is 4.79 Å². The molecule has 0 bridgehead atoms. The summed E-state index contributed by atoms with van der Waals surface area (Å²) in [4.78, 5) is 14.4. The molecular formula is C15H22N2OS. The van der Waals surface area contributed by atoms with E-state index in [0.717, 1.165) is 6.54 Å². The average molecular weight is 278 g/mol. The third kappa shape index (κ3) is 2.70. The number of rotatable bonds is 3. The van der Waals surface area contributed by atoms with Gasteiger partial charge in [0.15, 0.2) is 0 Å². The summed E-state index contributed by atoms with van der Waals surface area (Å²) >= 11 is 1.70. The van der Waals surface area contributed by atoms with Crippen molar-refractivity contribution in [2.75, 3.05) is 6.54 Å². The van der Waals surface area contributed by atoms with Gasteiger partial charge in [-0.15, -0.1) is 0 Å². The van der Waals surface area contributed by atoms with E-state index in [0.29, 0.717) is 5.92 Å². The van der Waals surface area contributed by atoms with Crippen molar-refractivity contribution in [1.82, 2.24) is 10.2 Å². The average Bonchev–Trinajstić information content (AvgIpc) is 3.04. The molecule has 1 amide bonds. The van der Waals surface area contributed by atoms with Crippen LogP contribution >= 0.6 is 11.3 Å². The van der Waals surface area contributed by atoms with Crippen LogP contribution in [-0.4, -0.2) is 23.4 Å². The zero-order chi connectivity index (χ0) is 13.2. The summed E-state index contributed by atoms with van der Waals surface area (Å²) in [6, 6.07) is 2.08. The standard InChI is InChI=1S/C15H22N2OS/c1-11-15(18)17(9-12-5-3-2-4-6-12)14(16-11)13-7-8-19-10-13/h7-8,10-12,14,16H,2-6,9H2,1H3. The molecular weight excluding hydrogens is 256 g/mol. The van der Waals surface area contributed by atoms with Crippen molar-refractivity contribution in [2.45, 2.75) is 51.2 Å². The van der Waals surface area contributed by atoms with Crippen molar-refractivity contribution in [2.24, 2.45) is 5.92 Å². The minimum absolute atomic E-state index is 0.0477. The van der Waals surface area contributed by atoms with Crippen LogP contribution in [0.3, 0.4) is 0 Å². The summed E-state index contributed by atoms with van der Waals surface area (Å²) < 4.78 is 0. The number of hydrogen-bond acceptors (Lipinski definition) is 3. The predicted octanol–water partition coefficient (Wildman–Crippen LogP) is 3.15. The Bertz CT molecular complexity index is 425. The van der Waals surface area contributed by atoms with Crippen LogP contribution in [0.2, 0.25) is 0 Å². The van der Waals surface area contributed by atoms with Crippen LogP contribution in [0.1, 0.15) is 50.8 Å². The quantitative estimate of drug-likeness (QED) is 0.921. The highest BCUT2D eigenvalue weighted by molar-refractivity contribution is 7.07. The lowest BCUT2D eigenvalue weighted by Crippen LogP contribution is -2.35. The molecule has 3 nitrogen and oxygen atoms in total. The Morgan fingerprint density at radius 1 is 1.37 bits per heavy atom. The van der Waals surface area contributed by atoms with E-state index in [1.165, 1.54) is 37.7 Å². The summed E-state index contributed by atoms with van der Waals surface area (Å²) in [5, 5.41) is 7.66. The summed E-state index contributed by atoms with van der Waals surface area (Å²) in [6.07, 6.45) is 6.70. The fourth-order valence-corrected chi connectivity index (χ4v) is 4.00. The molecule has 2 heterocycles. The smallest absolute Gasteiger partial charge is 0.241 e. The third-order valence-corrected chi connectivity index (χ3v) is 5.11. The molecule has 1 aliphatic heterocycles. The zero-order valence-corrected chi connectivity index (χ0v) is 12.3. The molecule has 3 rings (SSSR count). The van der Waals surface area contributed by atoms with Gasteiger partial charge >= 0.3 is 0 Å². The highest BCUT2D eigenvalue weighted by Crippen LogP contribution is 2.31. The molecule has 104 valence electrons. The lowest BCUT2D eigenvalue weighted by Gasteiger charge is -2.30. The van der Waals surface area contributed by atoms with Gasteiger partial charge in [0.25, 0.3) is 0 Å². The van der Waals surface area contributed by atoms with Gasteiger partial charge in [-0.1, -0.05) is 19.3 Å². The molecule has 1 saturated heterocycles. The van der Waals surface area contributed by atoms with E-state index in [9.17, 15) is 4.79 Å². The molecule has 0 spiro atoms. The number of carbonyl (C=O) groups is 1. The van der Waals surface area contributed by atoms with Crippen LogP contribution < -0.4 is 5.32 Å². The highest BCUT2D eigenvalue weighted by Gasteiger charge is 2.38. The van der Waals surface area contributed by atoms with Crippen LogP contribution in [0.4, 0.5) is 0 Å². The number of amides is 1. The maximum atomic E-state index is 12.4. The summed E-state index contributed by atoms with van der Waals surface area (Å²) in [5.41, 5.74) is 1.23. The normalized spacial score (nSPS) is 29.1. The topological polar surface area (TPSA) is 32.3 Å². The Morgan fingerprint density at radius 3 is 2.84 bits per heavy atom. The zero-order valence-electron chi connectivity index (χ0n) is 11.5. The van der Waals surface area contributed by atoms with Gasteiger partial charge < -0.3 is 4.90 Å². The van der Waals surface area contributed by atoms with Gasteiger partial charge in [-0.25, -0.2) is 0 Å². The van der Waals surface area contributed by atoms with Crippen molar-refractivity contribution in [3.63, 3.8) is 0 Å². The molecule has 2 fully saturated rings. The number of thiophene rings is 1. The van der Waals surface area contributed by atoms with Gasteiger partial charge in [0.05, 0.1) is 6.04 Å². The summed E-state index contributed by atoms with van der Waals surface area (Å²) in [6.45, 7) is 2.90. The van der Waals surface area contributed by atoms with E-state index < -0.39 is 0 Å². The number of carbonyl (C=O) groups excluding carboxylic acids is 1. The maximum Gasteiger partial charge on any atom is 0.241 e. The van der Waals surface area contributed by atoms with Crippen molar-refractivity contribution in [3.8, 4) is 0 Å². The van der Waals surface area contributed by atoms with E-state index in [4.69, 9.17) is 0 Å². The lowest BCUT2D eigenvalue weighted by molar-refractivity contribution is -0.130. The molecule has 1 aromatic heterocycles. The fraction of sp³-hybridized carbons (Fsp3) is 0.667. The monoisotopic (exact) mass is 278 g/mol. The SMILES string of the molecule is CC1NC(c2ccsc2)N(CC2CCCCC2)C1=O. The Kier molecular flexibility index (Phi) is 3.89. The molecule has 1 N–H and O–H groups in total. The maximum absolute atomic E-state index is 12.4. The molecule has 4 heteroatoms. The predicted molar refractivity (Wildman–Crippen MR) is 77.9 cm³/mol. The van der Waals surface area contributed by atoms with Crippen LogP contribution in [0.5, 0.6) is 0 Å². The first-order valence-electron chi connectivity index (χ1n) is 7.34. The highest BCUT2D eigenvalue weighted by atomic mass is 32.1. The van der Waals surface area contributed by atoms with E-state index in [1.807, 2.05) is 6.92 Å². The van der Waals surface area contributed by atoms with Gasteiger partial charge in [0.2, 0.25) is 5.91 Å². The fourth-order valence-electron chi connectivity index (χ4n) is 3.32. The minimum Gasteiger partial charge on any atom is -0.321 e. The summed E-state index contributed by atoms with van der Waals surface area (Å²) in [5.74, 6) is 0.965. The van der Waals surface area contributed by atoms with Gasteiger partial charge in [-0.2, -0.15) is 11.3 Å². The second kappa shape index (κ2) is 5.63. The van der Waals surface area contributed by atoms with Crippen LogP contribution in [0.15, 0.2) is 16.8 Å². The molecule has 1 aliphatic carbocycles. The Balaban J connectivity index is 1.73. The molecule has 1 saturated carbocycles. The molecule has 0 aromatic carbocycles. The lowest BCUT2D eigenvalue weighted by atomic mass is 9.89. The Hall–Kier alpha value is -0.870. The number of hydrogen-bond donors (Lipinski definition) is 1. The second-order valence-electron chi connectivity index (χ2n) is 5.84. The largest absolute Gasteiger partial charge is 0.321 e. The first-order chi connectivity index (χ1) is 9.25.